The van der Waals surface area contributed by atoms with E-state index in [4.69, 9.17) is 11.6 Å². The van der Waals surface area contributed by atoms with Crippen LogP contribution in [-0.2, 0) is 16.6 Å². The molecule has 0 atom stereocenters. The van der Waals surface area contributed by atoms with Gasteiger partial charge in [0.1, 0.15) is 9.90 Å². The number of hydrogen-bond donors (Lipinski definition) is 2. The fraction of sp³-hybridized carbons (Fsp3) is 0.273. The van der Waals surface area contributed by atoms with E-state index < -0.39 is 10.0 Å². The number of halogens is 1. The van der Waals surface area contributed by atoms with Gasteiger partial charge in [-0.05, 0) is 31.7 Å². The Labute approximate surface area is 126 Å². The van der Waals surface area contributed by atoms with E-state index in [9.17, 15) is 8.42 Å². The quantitative estimate of drug-likeness (QED) is 0.875. The molecule has 0 saturated heterocycles. The van der Waals surface area contributed by atoms with Gasteiger partial charge < -0.3 is 5.32 Å². The molecular formula is C11H13ClN4O2S2. The van der Waals surface area contributed by atoms with E-state index in [1.54, 1.807) is 26.1 Å². The predicted octanol–water partition coefficient (Wildman–Crippen LogP) is 2.02. The second-order valence-corrected chi connectivity index (χ2v) is 7.27. The molecule has 0 aliphatic heterocycles. The van der Waals surface area contributed by atoms with Crippen molar-refractivity contribution in [1.29, 1.82) is 0 Å². The molecule has 0 bridgehead atoms. The van der Waals surface area contributed by atoms with Crippen LogP contribution in [0.15, 0.2) is 23.1 Å². The van der Waals surface area contributed by atoms with Crippen molar-refractivity contribution in [2.24, 2.45) is 0 Å². The average Bonchev–Trinajstić information content (AvgIpc) is 2.76. The van der Waals surface area contributed by atoms with Crippen LogP contribution in [0.4, 0.5) is 5.13 Å². The first-order valence-corrected chi connectivity index (χ1v) is 8.36. The largest absolute Gasteiger partial charge is 0.316 e. The highest BCUT2D eigenvalue weighted by Crippen LogP contribution is 2.26. The fourth-order valence-corrected chi connectivity index (χ4v) is 3.95. The first-order chi connectivity index (χ1) is 9.42. The van der Waals surface area contributed by atoms with Crippen molar-refractivity contribution in [3.05, 3.63) is 33.8 Å². The van der Waals surface area contributed by atoms with Crippen LogP contribution in [0.5, 0.6) is 0 Å². The molecular weight excluding hydrogens is 320 g/mol. The molecule has 1 heterocycles. The lowest BCUT2D eigenvalue weighted by Gasteiger charge is -2.09. The van der Waals surface area contributed by atoms with E-state index >= 15 is 0 Å². The molecule has 0 saturated carbocycles. The predicted molar refractivity (Wildman–Crippen MR) is 79.7 cm³/mol. The first kappa shape index (κ1) is 15.2. The molecule has 0 unspecified atom stereocenters. The summed E-state index contributed by atoms with van der Waals surface area (Å²) in [5.41, 5.74) is 0.825. The Morgan fingerprint density at radius 2 is 2.10 bits per heavy atom. The Bertz CT molecular complexity index is 715. The molecule has 2 rings (SSSR count). The van der Waals surface area contributed by atoms with E-state index in [1.807, 2.05) is 0 Å². The van der Waals surface area contributed by atoms with E-state index in [0.717, 1.165) is 16.9 Å². The van der Waals surface area contributed by atoms with Gasteiger partial charge in [-0.15, -0.1) is 10.2 Å². The van der Waals surface area contributed by atoms with Crippen molar-refractivity contribution in [1.82, 2.24) is 15.5 Å². The van der Waals surface area contributed by atoms with E-state index in [-0.39, 0.29) is 15.0 Å². The molecule has 0 aliphatic rings. The van der Waals surface area contributed by atoms with Crippen LogP contribution in [0.25, 0.3) is 0 Å². The number of rotatable bonds is 5. The summed E-state index contributed by atoms with van der Waals surface area (Å²) in [5.74, 6) is 0. The zero-order chi connectivity index (χ0) is 14.8. The third-order valence-electron chi connectivity index (χ3n) is 2.41. The molecule has 0 fully saturated rings. The molecule has 2 N–H and O–H groups in total. The van der Waals surface area contributed by atoms with Gasteiger partial charge in [-0.2, -0.15) is 0 Å². The maximum Gasteiger partial charge on any atom is 0.265 e. The van der Waals surface area contributed by atoms with Crippen LogP contribution in [-0.4, -0.2) is 25.7 Å². The minimum absolute atomic E-state index is 0.0276. The van der Waals surface area contributed by atoms with Crippen molar-refractivity contribution >= 4 is 38.1 Å². The van der Waals surface area contributed by atoms with Gasteiger partial charge in [0, 0.05) is 6.54 Å². The van der Waals surface area contributed by atoms with Crippen LogP contribution < -0.4 is 10.0 Å². The molecule has 0 radical (unpaired) electrons. The average molecular weight is 333 g/mol. The minimum atomic E-state index is -3.77. The second kappa shape index (κ2) is 6.04. The standard InChI is InChI=1S/C11H13ClN4O2S2/c1-7-14-15-11(19-7)16-20(17,18)10-5-8(6-13-2)3-4-9(10)12/h3-5,13H,6H2,1-2H3,(H,15,16). The number of aromatic nitrogens is 2. The number of benzene rings is 1. The van der Waals surface area contributed by atoms with Gasteiger partial charge >= 0.3 is 0 Å². The number of aryl methyl sites for hydroxylation is 1. The van der Waals surface area contributed by atoms with E-state index in [1.165, 1.54) is 6.07 Å². The van der Waals surface area contributed by atoms with Crippen molar-refractivity contribution in [3.63, 3.8) is 0 Å². The van der Waals surface area contributed by atoms with Crippen LogP contribution in [0.2, 0.25) is 5.02 Å². The molecule has 1 aromatic carbocycles. The smallest absolute Gasteiger partial charge is 0.265 e. The van der Waals surface area contributed by atoms with Crippen molar-refractivity contribution in [2.45, 2.75) is 18.4 Å². The zero-order valence-corrected chi connectivity index (χ0v) is 13.2. The van der Waals surface area contributed by atoms with Crippen LogP contribution in [0.1, 0.15) is 10.6 Å². The highest BCUT2D eigenvalue weighted by Gasteiger charge is 2.20. The highest BCUT2D eigenvalue weighted by molar-refractivity contribution is 7.93. The summed E-state index contributed by atoms with van der Waals surface area (Å²) in [6, 6.07) is 4.87. The molecule has 0 spiro atoms. The molecule has 2 aromatic rings. The number of hydrogen-bond acceptors (Lipinski definition) is 6. The monoisotopic (exact) mass is 332 g/mol. The molecule has 0 aliphatic carbocycles. The van der Waals surface area contributed by atoms with E-state index in [2.05, 4.69) is 20.2 Å². The van der Waals surface area contributed by atoms with Gasteiger partial charge in [-0.3, -0.25) is 4.72 Å². The summed E-state index contributed by atoms with van der Waals surface area (Å²) >= 11 is 7.14. The Morgan fingerprint density at radius 3 is 2.70 bits per heavy atom. The number of anilines is 1. The topological polar surface area (TPSA) is 84.0 Å². The van der Waals surface area contributed by atoms with Gasteiger partial charge in [0.05, 0.1) is 5.02 Å². The lowest BCUT2D eigenvalue weighted by atomic mass is 10.2. The SMILES string of the molecule is CNCc1ccc(Cl)c(S(=O)(=O)Nc2nnc(C)s2)c1. The van der Waals surface area contributed by atoms with Crippen molar-refractivity contribution in [2.75, 3.05) is 11.8 Å². The van der Waals surface area contributed by atoms with Crippen LogP contribution in [0, 0.1) is 6.92 Å². The fourth-order valence-electron chi connectivity index (χ4n) is 1.58. The molecule has 9 heteroatoms. The van der Waals surface area contributed by atoms with Crippen LogP contribution in [0.3, 0.4) is 0 Å². The number of nitrogens with zero attached hydrogens (tertiary/aromatic N) is 2. The van der Waals surface area contributed by atoms with Gasteiger partial charge in [0.15, 0.2) is 0 Å². The summed E-state index contributed by atoms with van der Waals surface area (Å²) in [6.45, 7) is 2.30. The molecule has 20 heavy (non-hydrogen) atoms. The third kappa shape index (κ3) is 3.45. The lowest BCUT2D eigenvalue weighted by Crippen LogP contribution is -2.14. The van der Waals surface area contributed by atoms with Crippen LogP contribution >= 0.6 is 22.9 Å². The Morgan fingerprint density at radius 1 is 1.35 bits per heavy atom. The van der Waals surface area contributed by atoms with E-state index in [0.29, 0.717) is 11.6 Å². The Balaban J connectivity index is 2.35. The Hall–Kier alpha value is -1.22. The minimum Gasteiger partial charge on any atom is -0.316 e. The first-order valence-electron chi connectivity index (χ1n) is 5.68. The van der Waals surface area contributed by atoms with Crippen molar-refractivity contribution < 1.29 is 8.42 Å². The normalized spacial score (nSPS) is 11.6. The molecule has 6 nitrogen and oxygen atoms in total. The van der Waals surface area contributed by atoms with Gasteiger partial charge in [0.2, 0.25) is 5.13 Å². The lowest BCUT2D eigenvalue weighted by molar-refractivity contribution is 0.601. The van der Waals surface area contributed by atoms with Gasteiger partial charge in [-0.25, -0.2) is 8.42 Å². The van der Waals surface area contributed by atoms with Gasteiger partial charge in [0.25, 0.3) is 10.0 Å². The summed E-state index contributed by atoms with van der Waals surface area (Å²) in [4.78, 5) is 0.0276. The maximum absolute atomic E-state index is 12.3. The zero-order valence-electron chi connectivity index (χ0n) is 10.8. The number of nitrogens with one attached hydrogen (secondary N) is 2. The number of sulfonamides is 1. The summed E-state index contributed by atoms with van der Waals surface area (Å²) < 4.78 is 27.0. The molecule has 108 valence electrons. The maximum atomic E-state index is 12.3. The summed E-state index contributed by atoms with van der Waals surface area (Å²) in [5, 5.41) is 11.5. The highest BCUT2D eigenvalue weighted by atomic mass is 35.5. The third-order valence-corrected chi connectivity index (χ3v) is 5.12. The molecule has 0 amide bonds. The summed E-state index contributed by atoms with van der Waals surface area (Å²) in [7, 11) is -1.99. The Kier molecular flexibility index (Phi) is 4.59. The van der Waals surface area contributed by atoms with Crippen molar-refractivity contribution in [3.8, 4) is 0 Å². The van der Waals surface area contributed by atoms with Gasteiger partial charge in [-0.1, -0.05) is 29.0 Å². The second-order valence-electron chi connectivity index (χ2n) is 4.03. The molecule has 1 aromatic heterocycles. The summed E-state index contributed by atoms with van der Waals surface area (Å²) in [6.07, 6.45) is 0.